The van der Waals surface area contributed by atoms with Crippen molar-refractivity contribution in [2.75, 3.05) is 0 Å². The van der Waals surface area contributed by atoms with E-state index in [1.165, 1.54) is 18.2 Å². The summed E-state index contributed by atoms with van der Waals surface area (Å²) in [4.78, 5) is 16.4. The molecule has 104 valence electrons. The molecule has 20 heavy (non-hydrogen) atoms. The Morgan fingerprint density at radius 2 is 2.35 bits per heavy atom. The van der Waals surface area contributed by atoms with E-state index in [9.17, 15) is 9.18 Å². The van der Waals surface area contributed by atoms with E-state index in [1.54, 1.807) is 23.3 Å². The van der Waals surface area contributed by atoms with E-state index in [-0.39, 0.29) is 11.1 Å². The maximum absolute atomic E-state index is 13.3. The van der Waals surface area contributed by atoms with Crippen molar-refractivity contribution in [2.24, 2.45) is 0 Å². The highest BCUT2D eigenvalue weighted by Crippen LogP contribution is 2.42. The first-order valence-corrected chi connectivity index (χ1v) is 6.57. The molecule has 1 aromatic carbocycles. The van der Waals surface area contributed by atoms with Gasteiger partial charge in [0.05, 0.1) is 6.33 Å². The van der Waals surface area contributed by atoms with Gasteiger partial charge < -0.3 is 9.30 Å². The fourth-order valence-electron chi connectivity index (χ4n) is 2.70. The Morgan fingerprint density at radius 1 is 1.55 bits per heavy atom. The van der Waals surface area contributed by atoms with Crippen molar-refractivity contribution in [2.45, 2.75) is 25.0 Å². The molecule has 0 bridgehead atoms. The van der Waals surface area contributed by atoms with Gasteiger partial charge in [-0.05, 0) is 19.1 Å². The van der Waals surface area contributed by atoms with Gasteiger partial charge in [0.15, 0.2) is 5.54 Å². The van der Waals surface area contributed by atoms with E-state index >= 15 is 0 Å². The Hall–Kier alpha value is -1.88. The van der Waals surface area contributed by atoms with Gasteiger partial charge in [-0.3, -0.25) is 0 Å². The molecule has 0 N–H and O–H groups in total. The van der Waals surface area contributed by atoms with Crippen molar-refractivity contribution in [1.29, 1.82) is 0 Å². The van der Waals surface area contributed by atoms with Crippen LogP contribution in [0.2, 0.25) is 5.02 Å². The quantitative estimate of drug-likeness (QED) is 0.800. The molecule has 2 atom stereocenters. The maximum Gasteiger partial charge on any atom is 0.337 e. The third kappa shape index (κ3) is 1.81. The number of aromatic nitrogens is 2. The summed E-state index contributed by atoms with van der Waals surface area (Å²) >= 11 is 6.15. The van der Waals surface area contributed by atoms with Crippen LogP contribution in [0.1, 0.15) is 18.9 Å². The minimum absolute atomic E-state index is 0.199. The van der Waals surface area contributed by atoms with Crippen molar-refractivity contribution >= 4 is 17.6 Å². The molecule has 0 spiro atoms. The van der Waals surface area contributed by atoms with Gasteiger partial charge in [0.2, 0.25) is 0 Å². The zero-order valence-corrected chi connectivity index (χ0v) is 11.5. The molecule has 2 unspecified atom stereocenters. The summed E-state index contributed by atoms with van der Waals surface area (Å²) in [5.74, 6) is -0.851. The van der Waals surface area contributed by atoms with Crippen LogP contribution in [0.3, 0.4) is 0 Å². The van der Waals surface area contributed by atoms with Crippen molar-refractivity contribution in [1.82, 2.24) is 9.55 Å². The number of hydrogen-bond donors (Lipinski definition) is 0. The van der Waals surface area contributed by atoms with E-state index in [0.717, 1.165) is 0 Å². The van der Waals surface area contributed by atoms with Crippen LogP contribution in [0.15, 0.2) is 36.9 Å². The summed E-state index contributed by atoms with van der Waals surface area (Å²) < 4.78 is 20.2. The Kier molecular flexibility index (Phi) is 3.01. The van der Waals surface area contributed by atoms with Crippen LogP contribution < -0.4 is 0 Å². The summed E-state index contributed by atoms with van der Waals surface area (Å²) in [5, 5.41) is 0.199. The Labute approximate surface area is 120 Å². The highest BCUT2D eigenvalue weighted by molar-refractivity contribution is 6.31. The second-order valence-electron chi connectivity index (χ2n) is 4.87. The summed E-state index contributed by atoms with van der Waals surface area (Å²) in [6, 6.07) is 4.01. The fourth-order valence-corrected chi connectivity index (χ4v) is 3.02. The number of halogens is 2. The van der Waals surface area contributed by atoms with Gasteiger partial charge >= 0.3 is 5.97 Å². The van der Waals surface area contributed by atoms with Crippen molar-refractivity contribution in [3.63, 3.8) is 0 Å². The lowest BCUT2D eigenvalue weighted by molar-refractivity contribution is -0.146. The van der Waals surface area contributed by atoms with E-state index in [1.807, 2.05) is 6.92 Å². The maximum atomic E-state index is 13.3. The topological polar surface area (TPSA) is 44.1 Å². The molecule has 2 heterocycles. The molecular weight excluding hydrogens is 283 g/mol. The third-order valence-electron chi connectivity index (χ3n) is 3.55. The molecule has 0 amide bonds. The number of hydrogen-bond acceptors (Lipinski definition) is 3. The van der Waals surface area contributed by atoms with Crippen LogP contribution in [-0.2, 0) is 15.1 Å². The van der Waals surface area contributed by atoms with Crippen LogP contribution in [0.5, 0.6) is 0 Å². The second kappa shape index (κ2) is 4.59. The number of carbonyl (C=O) groups is 1. The number of cyclic esters (lactones) is 1. The van der Waals surface area contributed by atoms with Gasteiger partial charge in [0, 0.05) is 29.4 Å². The van der Waals surface area contributed by atoms with Crippen LogP contribution >= 0.6 is 11.6 Å². The first-order chi connectivity index (χ1) is 9.54. The summed E-state index contributed by atoms with van der Waals surface area (Å²) in [6.07, 6.45) is 4.98. The van der Waals surface area contributed by atoms with Gasteiger partial charge in [-0.25, -0.2) is 14.2 Å². The molecule has 1 fully saturated rings. The number of rotatable bonds is 2. The summed E-state index contributed by atoms with van der Waals surface area (Å²) in [6.45, 7) is 1.81. The Bertz CT molecular complexity index is 659. The molecule has 6 heteroatoms. The Balaban J connectivity index is 2.24. The number of nitrogens with zero attached hydrogens (tertiary/aromatic N) is 2. The SMILES string of the molecule is CC1CC(c2ccc(F)cc2Cl)(n2ccnc2)C(=O)O1. The minimum Gasteiger partial charge on any atom is -0.461 e. The smallest absolute Gasteiger partial charge is 0.337 e. The predicted octanol–water partition coefficient (Wildman–Crippen LogP) is 2.75. The van der Waals surface area contributed by atoms with Gasteiger partial charge in [-0.1, -0.05) is 17.7 Å². The van der Waals surface area contributed by atoms with Crippen LogP contribution in [-0.4, -0.2) is 21.6 Å². The van der Waals surface area contributed by atoms with E-state index in [0.29, 0.717) is 12.0 Å². The predicted molar refractivity (Wildman–Crippen MR) is 70.9 cm³/mol. The first-order valence-electron chi connectivity index (χ1n) is 6.19. The van der Waals surface area contributed by atoms with Gasteiger partial charge in [0.1, 0.15) is 11.9 Å². The number of carbonyl (C=O) groups excluding carboxylic acids is 1. The number of esters is 1. The molecule has 1 aromatic heterocycles. The largest absolute Gasteiger partial charge is 0.461 e. The average molecular weight is 295 g/mol. The molecule has 0 radical (unpaired) electrons. The molecule has 1 saturated heterocycles. The van der Waals surface area contributed by atoms with E-state index < -0.39 is 17.3 Å². The molecule has 2 aromatic rings. The molecule has 1 aliphatic heterocycles. The van der Waals surface area contributed by atoms with Gasteiger partial charge in [-0.15, -0.1) is 0 Å². The zero-order chi connectivity index (χ0) is 14.3. The monoisotopic (exact) mass is 294 g/mol. The van der Waals surface area contributed by atoms with Crippen molar-refractivity contribution in [3.8, 4) is 0 Å². The van der Waals surface area contributed by atoms with E-state index in [2.05, 4.69) is 4.98 Å². The van der Waals surface area contributed by atoms with Crippen molar-refractivity contribution < 1.29 is 13.9 Å². The highest BCUT2D eigenvalue weighted by atomic mass is 35.5. The highest BCUT2D eigenvalue weighted by Gasteiger charge is 2.51. The lowest BCUT2D eigenvalue weighted by Gasteiger charge is -2.27. The van der Waals surface area contributed by atoms with E-state index in [4.69, 9.17) is 16.3 Å². The van der Waals surface area contributed by atoms with Gasteiger partial charge in [0.25, 0.3) is 0 Å². The van der Waals surface area contributed by atoms with Crippen molar-refractivity contribution in [3.05, 3.63) is 53.3 Å². The molecular formula is C14H12ClFN2O2. The zero-order valence-electron chi connectivity index (χ0n) is 10.7. The lowest BCUT2D eigenvalue weighted by Crippen LogP contribution is -2.39. The van der Waals surface area contributed by atoms with Gasteiger partial charge in [-0.2, -0.15) is 0 Å². The molecule has 1 aliphatic rings. The standard InChI is InChI=1S/C14H12ClFN2O2/c1-9-7-14(13(19)20-9,18-5-4-17-8-18)11-3-2-10(16)6-12(11)15/h2-6,8-9H,7H2,1H3. The summed E-state index contributed by atoms with van der Waals surface area (Å²) in [7, 11) is 0. The molecule has 0 saturated carbocycles. The lowest BCUT2D eigenvalue weighted by atomic mass is 9.86. The molecule has 0 aliphatic carbocycles. The van der Waals surface area contributed by atoms with Crippen LogP contribution in [0.4, 0.5) is 4.39 Å². The average Bonchev–Trinajstić information content (AvgIpc) is 2.98. The number of imidazole rings is 1. The third-order valence-corrected chi connectivity index (χ3v) is 3.86. The molecule has 4 nitrogen and oxygen atoms in total. The number of benzene rings is 1. The number of ether oxygens (including phenoxy) is 1. The van der Waals surface area contributed by atoms with Crippen LogP contribution in [0, 0.1) is 5.82 Å². The Morgan fingerprint density at radius 3 is 2.90 bits per heavy atom. The minimum atomic E-state index is -1.08. The fraction of sp³-hybridized carbons (Fsp3) is 0.286. The first kappa shape index (κ1) is 13.1. The van der Waals surface area contributed by atoms with Crippen LogP contribution in [0.25, 0.3) is 0 Å². The second-order valence-corrected chi connectivity index (χ2v) is 5.28. The normalized spacial score (nSPS) is 25.8. The summed E-state index contributed by atoms with van der Waals surface area (Å²) in [5.41, 5.74) is -0.561. The molecule has 3 rings (SSSR count).